The van der Waals surface area contributed by atoms with E-state index in [1.54, 1.807) is 30.3 Å². The molecule has 0 aliphatic carbocycles. The summed E-state index contributed by atoms with van der Waals surface area (Å²) in [4.78, 5) is 36.7. The van der Waals surface area contributed by atoms with Crippen LogP contribution in [0.3, 0.4) is 0 Å². The third kappa shape index (κ3) is 6.88. The van der Waals surface area contributed by atoms with Crippen LogP contribution in [-0.2, 0) is 32.0 Å². The molecule has 2 aromatic rings. The minimum absolute atomic E-state index is 0.0657. The number of esters is 1. The van der Waals surface area contributed by atoms with Crippen molar-refractivity contribution in [2.75, 3.05) is 14.2 Å². The predicted molar refractivity (Wildman–Crippen MR) is 108 cm³/mol. The Morgan fingerprint density at radius 3 is 2.17 bits per heavy atom. The first-order valence-corrected chi connectivity index (χ1v) is 9.35. The van der Waals surface area contributed by atoms with Gasteiger partial charge in [-0.15, -0.1) is 0 Å². The average Bonchev–Trinajstić information content (AvgIpc) is 2.72. The number of carbonyl (C=O) groups is 3. The predicted octanol–water partition coefficient (Wildman–Crippen LogP) is 1.78. The smallest absolute Gasteiger partial charge is 0.328 e. The number of rotatable bonds is 9. The first-order valence-electron chi connectivity index (χ1n) is 9.35. The molecule has 7 nitrogen and oxygen atoms in total. The Kier molecular flexibility index (Phi) is 8.34. The number of halogens is 1. The van der Waals surface area contributed by atoms with Crippen LogP contribution in [0.4, 0.5) is 4.39 Å². The molecule has 160 valence electrons. The van der Waals surface area contributed by atoms with E-state index in [-0.39, 0.29) is 12.8 Å². The van der Waals surface area contributed by atoms with E-state index in [9.17, 15) is 18.8 Å². The second kappa shape index (κ2) is 10.9. The number of benzene rings is 2. The fraction of sp³-hybridized carbons (Fsp3) is 0.318. The highest BCUT2D eigenvalue weighted by Gasteiger charge is 2.27. The van der Waals surface area contributed by atoms with Gasteiger partial charge in [0.2, 0.25) is 11.8 Å². The van der Waals surface area contributed by atoms with Crippen molar-refractivity contribution in [2.24, 2.45) is 0 Å². The molecule has 0 heterocycles. The highest BCUT2D eigenvalue weighted by Crippen LogP contribution is 2.15. The van der Waals surface area contributed by atoms with Crippen LogP contribution in [0.25, 0.3) is 0 Å². The van der Waals surface area contributed by atoms with Gasteiger partial charge in [0, 0.05) is 19.8 Å². The second-order valence-corrected chi connectivity index (χ2v) is 6.73. The van der Waals surface area contributed by atoms with Gasteiger partial charge in [-0.05, 0) is 35.4 Å². The summed E-state index contributed by atoms with van der Waals surface area (Å²) >= 11 is 0. The molecule has 0 unspecified atom stereocenters. The fourth-order valence-electron chi connectivity index (χ4n) is 3.00. The van der Waals surface area contributed by atoms with Gasteiger partial charge in [0.15, 0.2) is 0 Å². The van der Waals surface area contributed by atoms with Crippen LogP contribution >= 0.6 is 0 Å². The Hall–Kier alpha value is -3.42. The minimum atomic E-state index is -0.984. The lowest BCUT2D eigenvalue weighted by Gasteiger charge is -2.22. The summed E-state index contributed by atoms with van der Waals surface area (Å²) in [6, 6.07) is 10.9. The van der Waals surface area contributed by atoms with Crippen LogP contribution in [-0.4, -0.2) is 44.1 Å². The molecule has 0 saturated carbocycles. The fourth-order valence-corrected chi connectivity index (χ4v) is 3.00. The van der Waals surface area contributed by atoms with E-state index in [0.29, 0.717) is 11.3 Å². The van der Waals surface area contributed by atoms with Crippen LogP contribution in [0.2, 0.25) is 0 Å². The molecule has 2 aromatic carbocycles. The van der Waals surface area contributed by atoms with Crippen molar-refractivity contribution in [1.29, 1.82) is 0 Å². The molecule has 0 radical (unpaired) electrons. The Morgan fingerprint density at radius 1 is 0.933 bits per heavy atom. The van der Waals surface area contributed by atoms with Crippen LogP contribution < -0.4 is 15.4 Å². The Labute approximate surface area is 174 Å². The molecule has 0 aromatic heterocycles. The molecule has 2 rings (SSSR count). The maximum Gasteiger partial charge on any atom is 0.328 e. The zero-order valence-corrected chi connectivity index (χ0v) is 17.1. The van der Waals surface area contributed by atoms with E-state index in [2.05, 4.69) is 10.6 Å². The number of nitrogens with one attached hydrogen (secondary N) is 2. The van der Waals surface area contributed by atoms with E-state index >= 15 is 0 Å². The molecule has 0 saturated heterocycles. The van der Waals surface area contributed by atoms with E-state index in [0.717, 1.165) is 5.56 Å². The summed E-state index contributed by atoms with van der Waals surface area (Å²) in [7, 11) is 2.76. The molecule has 0 aliphatic rings. The van der Waals surface area contributed by atoms with Gasteiger partial charge < -0.3 is 20.1 Å². The van der Waals surface area contributed by atoms with Gasteiger partial charge in [-0.3, -0.25) is 9.59 Å². The minimum Gasteiger partial charge on any atom is -0.497 e. The van der Waals surface area contributed by atoms with Crippen LogP contribution in [0.5, 0.6) is 5.75 Å². The first kappa shape index (κ1) is 22.9. The van der Waals surface area contributed by atoms with Crippen molar-refractivity contribution in [2.45, 2.75) is 31.8 Å². The van der Waals surface area contributed by atoms with E-state index in [4.69, 9.17) is 9.47 Å². The molecule has 2 atom stereocenters. The number of methoxy groups -OCH3 is 2. The number of hydrogen-bond acceptors (Lipinski definition) is 5. The molecule has 2 N–H and O–H groups in total. The zero-order valence-electron chi connectivity index (χ0n) is 17.1. The summed E-state index contributed by atoms with van der Waals surface area (Å²) in [5.41, 5.74) is 1.29. The normalized spacial score (nSPS) is 12.4. The monoisotopic (exact) mass is 416 g/mol. The highest BCUT2D eigenvalue weighted by atomic mass is 19.1. The number of hydrogen-bond donors (Lipinski definition) is 2. The van der Waals surface area contributed by atoms with Crippen LogP contribution in [0, 0.1) is 5.82 Å². The third-order valence-electron chi connectivity index (χ3n) is 4.40. The van der Waals surface area contributed by atoms with Crippen molar-refractivity contribution in [3.63, 3.8) is 0 Å². The molecule has 2 amide bonds. The second-order valence-electron chi connectivity index (χ2n) is 6.73. The number of amides is 2. The van der Waals surface area contributed by atoms with Gasteiger partial charge in [-0.2, -0.15) is 0 Å². The summed E-state index contributed by atoms with van der Waals surface area (Å²) in [6.07, 6.45) is 0.235. The molecule has 0 fully saturated rings. The molecule has 8 heteroatoms. The third-order valence-corrected chi connectivity index (χ3v) is 4.40. The van der Waals surface area contributed by atoms with Crippen molar-refractivity contribution >= 4 is 17.8 Å². The van der Waals surface area contributed by atoms with Gasteiger partial charge in [0.05, 0.1) is 14.2 Å². The summed E-state index contributed by atoms with van der Waals surface area (Å²) < 4.78 is 23.5. The van der Waals surface area contributed by atoms with E-state index < -0.39 is 35.7 Å². The topological polar surface area (TPSA) is 93.7 Å². The van der Waals surface area contributed by atoms with Crippen molar-refractivity contribution in [3.8, 4) is 5.75 Å². The molecular weight excluding hydrogens is 391 g/mol. The Morgan fingerprint density at radius 2 is 1.57 bits per heavy atom. The number of ether oxygens (including phenoxy) is 2. The van der Waals surface area contributed by atoms with Crippen molar-refractivity contribution in [1.82, 2.24) is 10.6 Å². The lowest BCUT2D eigenvalue weighted by molar-refractivity contribution is -0.145. The van der Waals surface area contributed by atoms with Gasteiger partial charge in [-0.25, -0.2) is 9.18 Å². The maximum atomic E-state index is 13.5. The molecule has 0 spiro atoms. The lowest BCUT2D eigenvalue weighted by Crippen LogP contribution is -2.53. The quantitative estimate of drug-likeness (QED) is 0.608. The average molecular weight is 416 g/mol. The lowest BCUT2D eigenvalue weighted by atomic mass is 10.0. The van der Waals surface area contributed by atoms with Crippen LogP contribution in [0.1, 0.15) is 18.1 Å². The Balaban J connectivity index is 2.18. The Bertz CT molecular complexity index is 903. The summed E-state index contributed by atoms with van der Waals surface area (Å²) in [5.74, 6) is -1.45. The molecule has 30 heavy (non-hydrogen) atoms. The largest absolute Gasteiger partial charge is 0.497 e. The molecule has 0 bridgehead atoms. The summed E-state index contributed by atoms with van der Waals surface area (Å²) in [6.45, 7) is 1.28. The van der Waals surface area contributed by atoms with E-state index in [1.165, 1.54) is 39.3 Å². The SMILES string of the molecule is COC(=O)[C@@H](Cc1cccc(OC)c1)NC(=O)[C@@H](Cc1cccc(F)c1)NC(C)=O. The van der Waals surface area contributed by atoms with Crippen molar-refractivity contribution < 1.29 is 28.2 Å². The van der Waals surface area contributed by atoms with E-state index in [1.807, 2.05) is 0 Å². The summed E-state index contributed by atoms with van der Waals surface area (Å²) in [5, 5.41) is 5.18. The maximum absolute atomic E-state index is 13.5. The van der Waals surface area contributed by atoms with Gasteiger partial charge in [-0.1, -0.05) is 24.3 Å². The first-order chi connectivity index (χ1) is 14.3. The van der Waals surface area contributed by atoms with Gasteiger partial charge >= 0.3 is 5.97 Å². The molecule has 0 aliphatic heterocycles. The van der Waals surface area contributed by atoms with Crippen LogP contribution in [0.15, 0.2) is 48.5 Å². The number of carbonyl (C=O) groups excluding carboxylic acids is 3. The van der Waals surface area contributed by atoms with Gasteiger partial charge in [0.25, 0.3) is 0 Å². The van der Waals surface area contributed by atoms with Crippen molar-refractivity contribution in [3.05, 3.63) is 65.5 Å². The highest BCUT2D eigenvalue weighted by molar-refractivity contribution is 5.90. The van der Waals surface area contributed by atoms with Gasteiger partial charge in [0.1, 0.15) is 23.7 Å². The zero-order chi connectivity index (χ0) is 22.1. The standard InChI is InChI=1S/C22H25FN2O5/c1-14(26)24-19(12-15-6-4-8-17(23)10-15)21(27)25-20(22(28)30-3)13-16-7-5-9-18(11-16)29-2/h4-11,19-20H,12-13H2,1-3H3,(H,24,26)(H,25,27)/t19-,20-/m1/s1. The molecular formula is C22H25FN2O5.